The molecule has 0 aliphatic heterocycles. The van der Waals surface area contributed by atoms with Crippen molar-refractivity contribution in [2.24, 2.45) is 0 Å². The molecule has 0 N–H and O–H groups in total. The summed E-state index contributed by atoms with van der Waals surface area (Å²) in [6.07, 6.45) is 1.95. The lowest BCUT2D eigenvalue weighted by Gasteiger charge is -2.34. The van der Waals surface area contributed by atoms with E-state index in [0.717, 1.165) is 33.4 Å². The molecule has 0 amide bonds. The lowest BCUT2D eigenvalue weighted by molar-refractivity contribution is 0.768. The van der Waals surface area contributed by atoms with E-state index in [-0.39, 0.29) is 0 Å². The van der Waals surface area contributed by atoms with Crippen LogP contribution in [0.3, 0.4) is 0 Å². The van der Waals surface area contributed by atoms with Crippen LogP contribution in [-0.2, 0) is 5.41 Å². The predicted molar refractivity (Wildman–Crippen MR) is 255 cm³/mol. The summed E-state index contributed by atoms with van der Waals surface area (Å²) < 4.78 is 2.54. The molecular formula is C57H36N4S. The molecule has 0 saturated heterocycles. The zero-order valence-electron chi connectivity index (χ0n) is 33.5. The van der Waals surface area contributed by atoms with E-state index in [2.05, 4.69) is 200 Å². The molecule has 0 atom stereocenters. The number of hydrogen-bond acceptors (Lipinski definition) is 5. The van der Waals surface area contributed by atoms with Crippen LogP contribution in [0, 0.1) is 0 Å². The topological polar surface area (TPSA) is 51.6 Å². The van der Waals surface area contributed by atoms with Gasteiger partial charge in [0.15, 0.2) is 17.5 Å². The zero-order chi connectivity index (χ0) is 41.0. The van der Waals surface area contributed by atoms with Crippen molar-refractivity contribution in [3.05, 3.63) is 241 Å². The van der Waals surface area contributed by atoms with Crippen molar-refractivity contribution in [3.8, 4) is 67.7 Å². The Labute approximate surface area is 363 Å². The Balaban J connectivity index is 1.02. The smallest absolute Gasteiger partial charge is 0.182 e. The number of rotatable bonds is 7. The minimum atomic E-state index is -0.551. The zero-order valence-corrected chi connectivity index (χ0v) is 34.3. The summed E-state index contributed by atoms with van der Waals surface area (Å²) in [6.45, 7) is 0. The summed E-state index contributed by atoms with van der Waals surface area (Å²) in [5.41, 5.74) is 13.8. The van der Waals surface area contributed by atoms with Gasteiger partial charge >= 0.3 is 0 Å². The molecule has 0 saturated carbocycles. The van der Waals surface area contributed by atoms with E-state index in [0.29, 0.717) is 23.2 Å². The van der Waals surface area contributed by atoms with Gasteiger partial charge in [0.2, 0.25) is 0 Å². The number of nitrogens with zero attached hydrogens (tertiary/aromatic N) is 4. The summed E-state index contributed by atoms with van der Waals surface area (Å²) in [7, 11) is 0. The molecule has 0 fully saturated rings. The number of pyridine rings is 1. The number of aromatic nitrogens is 4. The monoisotopic (exact) mass is 808 g/mol. The van der Waals surface area contributed by atoms with E-state index < -0.39 is 5.41 Å². The molecule has 290 valence electrons. The minimum Gasteiger partial charge on any atom is -0.252 e. The van der Waals surface area contributed by atoms with E-state index in [1.165, 1.54) is 53.6 Å². The maximum atomic E-state index is 5.24. The van der Waals surface area contributed by atoms with Crippen molar-refractivity contribution in [2.45, 2.75) is 5.41 Å². The molecule has 0 bridgehead atoms. The molecule has 0 radical (unpaired) electrons. The van der Waals surface area contributed by atoms with Crippen molar-refractivity contribution in [3.63, 3.8) is 0 Å². The molecule has 0 unspecified atom stereocenters. The lowest BCUT2D eigenvalue weighted by atomic mass is 9.67. The van der Waals surface area contributed by atoms with Crippen molar-refractivity contribution >= 4 is 31.5 Å². The third-order valence-electron chi connectivity index (χ3n) is 12.3. The molecule has 5 heteroatoms. The van der Waals surface area contributed by atoms with Crippen LogP contribution < -0.4 is 0 Å². The first-order chi connectivity index (χ1) is 30.7. The minimum absolute atomic E-state index is 0.518. The first-order valence-corrected chi connectivity index (χ1v) is 21.7. The van der Waals surface area contributed by atoms with Gasteiger partial charge in [0.1, 0.15) is 5.69 Å². The van der Waals surface area contributed by atoms with Crippen LogP contribution in [0.25, 0.3) is 87.8 Å². The van der Waals surface area contributed by atoms with E-state index in [9.17, 15) is 0 Å². The maximum Gasteiger partial charge on any atom is 0.182 e. The Morgan fingerprint density at radius 1 is 0.355 bits per heavy atom. The van der Waals surface area contributed by atoms with Crippen molar-refractivity contribution in [1.29, 1.82) is 0 Å². The summed E-state index contributed by atoms with van der Waals surface area (Å²) in [5.74, 6) is 1.70. The molecule has 1 aliphatic carbocycles. The normalized spacial score (nSPS) is 12.6. The number of benzene rings is 8. The quantitative estimate of drug-likeness (QED) is 0.161. The first-order valence-electron chi connectivity index (χ1n) is 20.9. The van der Waals surface area contributed by atoms with Gasteiger partial charge in [-0.2, -0.15) is 0 Å². The molecule has 62 heavy (non-hydrogen) atoms. The Hall–Kier alpha value is -7.86. The number of thiophene rings is 1. The highest BCUT2D eigenvalue weighted by Crippen LogP contribution is 2.56. The van der Waals surface area contributed by atoms with Crippen LogP contribution in [0.2, 0.25) is 0 Å². The third kappa shape index (κ3) is 5.81. The molecule has 1 aliphatic rings. The SMILES string of the molecule is c1ccc(-c2ccc(-c3nc(-c4ccc5c(c4)C(c4ccccc4)(c4ccccc4)c4ccccc4-5)nc(-c4ccc(-c5cccc6c5sc5ccccc56)cn4)n3)cc2)cc1. The van der Waals surface area contributed by atoms with Gasteiger partial charge in [-0.25, -0.2) is 15.0 Å². The fourth-order valence-electron chi connectivity index (χ4n) is 9.43. The second kappa shape index (κ2) is 14.7. The average molecular weight is 809 g/mol. The summed E-state index contributed by atoms with van der Waals surface area (Å²) in [5, 5.41) is 2.54. The second-order valence-corrected chi connectivity index (χ2v) is 16.8. The number of fused-ring (bicyclic) bond motifs is 6. The molecule has 12 rings (SSSR count). The summed E-state index contributed by atoms with van der Waals surface area (Å²) >= 11 is 1.82. The predicted octanol–water partition coefficient (Wildman–Crippen LogP) is 14.3. The van der Waals surface area contributed by atoms with Crippen LogP contribution in [-0.4, -0.2) is 19.9 Å². The molecule has 11 aromatic rings. The van der Waals surface area contributed by atoms with Crippen LogP contribution >= 0.6 is 11.3 Å². The van der Waals surface area contributed by atoms with Crippen LogP contribution in [0.1, 0.15) is 22.3 Å². The Morgan fingerprint density at radius 2 is 0.903 bits per heavy atom. The van der Waals surface area contributed by atoms with Crippen molar-refractivity contribution < 1.29 is 0 Å². The molecular weight excluding hydrogens is 773 g/mol. The largest absolute Gasteiger partial charge is 0.252 e. The summed E-state index contributed by atoms with van der Waals surface area (Å²) in [4.78, 5) is 20.6. The Bertz CT molecular complexity index is 3400. The van der Waals surface area contributed by atoms with Gasteiger partial charge < -0.3 is 0 Å². The fourth-order valence-corrected chi connectivity index (χ4v) is 10.7. The average Bonchev–Trinajstić information content (AvgIpc) is 3.89. The van der Waals surface area contributed by atoms with E-state index in [1.54, 1.807) is 0 Å². The fraction of sp³-hybridized carbons (Fsp3) is 0.0175. The number of hydrogen-bond donors (Lipinski definition) is 0. The molecule has 3 heterocycles. The standard InChI is InChI=1S/C57H36N4S/c1-4-15-37(16-5-1)38-27-29-39(30-28-38)54-59-55(61-56(60-54)51-34-32-41(36-58-51)44-23-14-24-48-47-22-11-13-26-52(47)62-53(44)48)40-31-33-46-45-21-10-12-25-49(45)57(50(46)35-40,42-17-6-2-7-18-42)43-19-8-3-9-20-43/h1-36H. The van der Waals surface area contributed by atoms with E-state index in [4.69, 9.17) is 19.9 Å². The third-order valence-corrected chi connectivity index (χ3v) is 13.5. The second-order valence-electron chi connectivity index (χ2n) is 15.8. The molecule has 4 nitrogen and oxygen atoms in total. The molecule has 3 aromatic heterocycles. The Morgan fingerprint density at radius 3 is 1.65 bits per heavy atom. The van der Waals surface area contributed by atoms with Crippen LogP contribution in [0.15, 0.2) is 219 Å². The molecule has 8 aromatic carbocycles. The van der Waals surface area contributed by atoms with Gasteiger partial charge in [0.05, 0.1) is 5.41 Å². The van der Waals surface area contributed by atoms with Crippen LogP contribution in [0.4, 0.5) is 0 Å². The maximum absolute atomic E-state index is 5.24. The van der Waals surface area contributed by atoms with Crippen LogP contribution in [0.5, 0.6) is 0 Å². The highest BCUT2D eigenvalue weighted by atomic mass is 32.1. The van der Waals surface area contributed by atoms with Crippen molar-refractivity contribution in [1.82, 2.24) is 19.9 Å². The molecule has 0 spiro atoms. The van der Waals surface area contributed by atoms with Crippen molar-refractivity contribution in [2.75, 3.05) is 0 Å². The highest BCUT2D eigenvalue weighted by molar-refractivity contribution is 7.26. The Kier molecular flexibility index (Phi) is 8.54. The van der Waals surface area contributed by atoms with Gasteiger partial charge in [0, 0.05) is 48.6 Å². The van der Waals surface area contributed by atoms with Gasteiger partial charge in [-0.05, 0) is 62.7 Å². The van der Waals surface area contributed by atoms with Gasteiger partial charge in [-0.15, -0.1) is 11.3 Å². The van der Waals surface area contributed by atoms with Gasteiger partial charge in [-0.3, -0.25) is 4.98 Å². The summed E-state index contributed by atoms with van der Waals surface area (Å²) in [6, 6.07) is 75.5. The van der Waals surface area contributed by atoms with E-state index in [1.807, 2.05) is 29.7 Å². The highest BCUT2D eigenvalue weighted by Gasteiger charge is 2.46. The van der Waals surface area contributed by atoms with E-state index >= 15 is 0 Å². The lowest BCUT2D eigenvalue weighted by Crippen LogP contribution is -2.28. The van der Waals surface area contributed by atoms with Gasteiger partial charge in [-0.1, -0.05) is 194 Å². The first kappa shape index (κ1) is 36.0. The van der Waals surface area contributed by atoms with Gasteiger partial charge in [0.25, 0.3) is 0 Å².